The molecule has 0 aromatic carbocycles. The van der Waals surface area contributed by atoms with Crippen LogP contribution in [0.2, 0.25) is 0 Å². The van der Waals surface area contributed by atoms with Crippen LogP contribution in [0.15, 0.2) is 0 Å². The summed E-state index contributed by atoms with van der Waals surface area (Å²) in [4.78, 5) is 17.7. The summed E-state index contributed by atoms with van der Waals surface area (Å²) in [7, 11) is 1.98. The number of carbonyl (C=O) groups is 1. The van der Waals surface area contributed by atoms with E-state index in [4.69, 9.17) is 0 Å². The van der Waals surface area contributed by atoms with E-state index < -0.39 is 0 Å². The summed E-state index contributed by atoms with van der Waals surface area (Å²) in [6, 6.07) is 0.358. The summed E-state index contributed by atoms with van der Waals surface area (Å²) in [6.45, 7) is 3.84. The average molecular weight is 234 g/mol. The quantitative estimate of drug-likeness (QED) is 0.775. The first-order valence-corrected chi connectivity index (χ1v) is 6.00. The molecule has 0 N–H and O–H groups in total. The van der Waals surface area contributed by atoms with Gasteiger partial charge in [-0.2, -0.15) is 5.10 Å². The summed E-state index contributed by atoms with van der Waals surface area (Å²) in [5.41, 5.74) is 1.77. The summed E-state index contributed by atoms with van der Waals surface area (Å²) in [5.74, 6) is 1.03. The van der Waals surface area contributed by atoms with E-state index in [9.17, 15) is 4.79 Å². The van der Waals surface area contributed by atoms with Crippen LogP contribution in [0.3, 0.4) is 0 Å². The molecule has 5 heteroatoms. The van der Waals surface area contributed by atoms with Crippen molar-refractivity contribution in [3.63, 3.8) is 0 Å². The second-order valence-electron chi connectivity index (χ2n) is 4.66. The number of anilines is 1. The van der Waals surface area contributed by atoms with Crippen molar-refractivity contribution in [2.75, 3.05) is 11.9 Å². The molecule has 0 amide bonds. The highest BCUT2D eigenvalue weighted by molar-refractivity contribution is 5.79. The molecule has 1 aliphatic carbocycles. The number of aryl methyl sites for hydroxylation is 2. The Labute approximate surface area is 101 Å². The topological polar surface area (TPSA) is 59.0 Å². The lowest BCUT2D eigenvalue weighted by Crippen LogP contribution is -2.36. The fourth-order valence-corrected chi connectivity index (χ4v) is 2.07. The molecule has 1 aliphatic rings. The van der Waals surface area contributed by atoms with Crippen molar-refractivity contribution in [1.82, 2.24) is 15.2 Å². The third-order valence-corrected chi connectivity index (χ3v) is 3.46. The molecular formula is C12H18N4O. The maximum Gasteiger partial charge on any atom is 0.245 e. The lowest BCUT2D eigenvalue weighted by molar-refractivity contribution is -0.120. The molecule has 1 heterocycles. The van der Waals surface area contributed by atoms with Crippen molar-refractivity contribution in [3.05, 3.63) is 11.4 Å². The van der Waals surface area contributed by atoms with Crippen LogP contribution < -0.4 is 4.90 Å². The van der Waals surface area contributed by atoms with Gasteiger partial charge in [0.25, 0.3) is 0 Å². The van der Waals surface area contributed by atoms with Gasteiger partial charge in [-0.05, 0) is 26.7 Å². The Morgan fingerprint density at radius 3 is 2.35 bits per heavy atom. The highest BCUT2D eigenvalue weighted by Crippen LogP contribution is 2.22. The Hall–Kier alpha value is -1.52. The van der Waals surface area contributed by atoms with Gasteiger partial charge in [0.2, 0.25) is 5.95 Å². The SMILES string of the molecule is Cc1nnc(N(C)C2CCC(=O)CC2)nc1C. The van der Waals surface area contributed by atoms with Crippen molar-refractivity contribution in [2.45, 2.75) is 45.6 Å². The van der Waals surface area contributed by atoms with E-state index in [2.05, 4.69) is 15.2 Å². The molecular weight excluding hydrogens is 216 g/mol. The average Bonchev–Trinajstić information content (AvgIpc) is 2.33. The molecule has 1 aromatic rings. The first-order chi connectivity index (χ1) is 8.08. The zero-order valence-corrected chi connectivity index (χ0v) is 10.6. The van der Waals surface area contributed by atoms with E-state index in [1.807, 2.05) is 25.8 Å². The molecule has 0 aliphatic heterocycles. The number of rotatable bonds is 2. The Balaban J connectivity index is 2.11. The standard InChI is InChI=1S/C12H18N4O/c1-8-9(2)14-15-12(13-8)16(3)10-4-6-11(17)7-5-10/h10H,4-7H2,1-3H3. The third-order valence-electron chi connectivity index (χ3n) is 3.46. The van der Waals surface area contributed by atoms with Gasteiger partial charge in [-0.25, -0.2) is 4.98 Å². The number of nitrogens with zero attached hydrogens (tertiary/aromatic N) is 4. The van der Waals surface area contributed by atoms with E-state index in [1.165, 1.54) is 0 Å². The molecule has 2 rings (SSSR count). The second kappa shape index (κ2) is 4.77. The molecule has 0 radical (unpaired) electrons. The van der Waals surface area contributed by atoms with Gasteiger partial charge in [-0.15, -0.1) is 5.10 Å². The zero-order valence-electron chi connectivity index (χ0n) is 10.6. The molecule has 5 nitrogen and oxygen atoms in total. The van der Waals surface area contributed by atoms with Gasteiger partial charge in [0.05, 0.1) is 11.4 Å². The lowest BCUT2D eigenvalue weighted by atomic mass is 9.94. The van der Waals surface area contributed by atoms with E-state index >= 15 is 0 Å². The first kappa shape index (κ1) is 12.0. The summed E-state index contributed by atoms with van der Waals surface area (Å²) in [5, 5.41) is 8.20. The molecule has 0 atom stereocenters. The van der Waals surface area contributed by atoms with Crippen LogP contribution in [-0.4, -0.2) is 34.1 Å². The molecule has 1 saturated carbocycles. The Morgan fingerprint density at radius 1 is 1.12 bits per heavy atom. The number of ketones is 1. The molecule has 0 saturated heterocycles. The van der Waals surface area contributed by atoms with Gasteiger partial charge < -0.3 is 4.90 Å². The van der Waals surface area contributed by atoms with Gasteiger partial charge >= 0.3 is 0 Å². The Morgan fingerprint density at radius 2 is 1.76 bits per heavy atom. The van der Waals surface area contributed by atoms with Crippen molar-refractivity contribution >= 4 is 11.7 Å². The van der Waals surface area contributed by atoms with Crippen molar-refractivity contribution in [3.8, 4) is 0 Å². The smallest absolute Gasteiger partial charge is 0.245 e. The second-order valence-corrected chi connectivity index (χ2v) is 4.66. The molecule has 0 spiro atoms. The molecule has 1 fully saturated rings. The predicted octanol–water partition coefficient (Wildman–Crippen LogP) is 1.44. The monoisotopic (exact) mass is 234 g/mol. The minimum atomic E-state index is 0.358. The minimum Gasteiger partial charge on any atom is -0.340 e. The third kappa shape index (κ3) is 2.60. The van der Waals surface area contributed by atoms with E-state index in [1.54, 1.807) is 0 Å². The van der Waals surface area contributed by atoms with E-state index in [0.29, 0.717) is 30.6 Å². The van der Waals surface area contributed by atoms with Crippen LogP contribution in [0.25, 0.3) is 0 Å². The van der Waals surface area contributed by atoms with Gasteiger partial charge in [0, 0.05) is 25.9 Å². The zero-order chi connectivity index (χ0) is 12.4. The fourth-order valence-electron chi connectivity index (χ4n) is 2.07. The maximum atomic E-state index is 11.2. The summed E-state index contributed by atoms with van der Waals surface area (Å²) < 4.78 is 0. The van der Waals surface area contributed by atoms with Crippen molar-refractivity contribution in [2.24, 2.45) is 0 Å². The number of Topliss-reactive ketones (excluding diaryl/α,β-unsaturated/α-hetero) is 1. The van der Waals surface area contributed by atoms with E-state index in [0.717, 1.165) is 24.2 Å². The largest absolute Gasteiger partial charge is 0.340 e. The molecule has 17 heavy (non-hydrogen) atoms. The van der Waals surface area contributed by atoms with Gasteiger partial charge in [0.15, 0.2) is 0 Å². The summed E-state index contributed by atoms with van der Waals surface area (Å²) in [6.07, 6.45) is 3.14. The molecule has 0 bridgehead atoms. The number of aromatic nitrogens is 3. The minimum absolute atomic E-state index is 0.358. The lowest BCUT2D eigenvalue weighted by Gasteiger charge is -2.30. The van der Waals surface area contributed by atoms with Crippen LogP contribution in [0, 0.1) is 13.8 Å². The molecule has 1 aromatic heterocycles. The fraction of sp³-hybridized carbons (Fsp3) is 0.667. The van der Waals surface area contributed by atoms with Gasteiger partial charge in [-0.3, -0.25) is 4.79 Å². The molecule has 92 valence electrons. The predicted molar refractivity (Wildman–Crippen MR) is 65.0 cm³/mol. The Bertz CT molecular complexity index is 423. The van der Waals surface area contributed by atoms with Crippen LogP contribution in [0.5, 0.6) is 0 Å². The number of carbonyl (C=O) groups excluding carboxylic acids is 1. The normalized spacial score (nSPS) is 17.2. The number of hydrogen-bond donors (Lipinski definition) is 0. The van der Waals surface area contributed by atoms with Gasteiger partial charge in [-0.1, -0.05) is 0 Å². The van der Waals surface area contributed by atoms with Crippen LogP contribution >= 0.6 is 0 Å². The highest BCUT2D eigenvalue weighted by atomic mass is 16.1. The van der Waals surface area contributed by atoms with Crippen molar-refractivity contribution < 1.29 is 4.79 Å². The molecule has 0 unspecified atom stereocenters. The van der Waals surface area contributed by atoms with Crippen LogP contribution in [0.1, 0.15) is 37.1 Å². The van der Waals surface area contributed by atoms with Crippen LogP contribution in [0.4, 0.5) is 5.95 Å². The first-order valence-electron chi connectivity index (χ1n) is 6.00. The highest BCUT2D eigenvalue weighted by Gasteiger charge is 2.24. The van der Waals surface area contributed by atoms with Crippen LogP contribution in [-0.2, 0) is 4.79 Å². The van der Waals surface area contributed by atoms with Gasteiger partial charge in [0.1, 0.15) is 5.78 Å². The number of hydrogen-bond acceptors (Lipinski definition) is 5. The Kier molecular flexibility index (Phi) is 3.36. The maximum absolute atomic E-state index is 11.2. The van der Waals surface area contributed by atoms with Crippen molar-refractivity contribution in [1.29, 1.82) is 0 Å². The van der Waals surface area contributed by atoms with E-state index in [-0.39, 0.29) is 0 Å². The summed E-state index contributed by atoms with van der Waals surface area (Å²) >= 11 is 0.